The van der Waals surface area contributed by atoms with Crippen molar-refractivity contribution in [1.82, 2.24) is 4.31 Å². The van der Waals surface area contributed by atoms with Crippen LogP contribution >= 0.6 is 0 Å². The molecule has 178 valence electrons. The molecule has 0 atom stereocenters. The van der Waals surface area contributed by atoms with Crippen LogP contribution in [0.15, 0.2) is 77.7 Å². The summed E-state index contributed by atoms with van der Waals surface area (Å²) in [5.41, 5.74) is 1.55. The first kappa shape index (κ1) is 24.1. The van der Waals surface area contributed by atoms with Crippen LogP contribution in [0.3, 0.4) is 0 Å². The molecule has 0 aliphatic carbocycles. The van der Waals surface area contributed by atoms with Crippen molar-refractivity contribution in [2.45, 2.75) is 30.1 Å². The summed E-state index contributed by atoms with van der Waals surface area (Å²) in [4.78, 5) is 12.7. The number of aryl methyl sites for hydroxylation is 1. The standard InChI is InChI=1S/C26H27FN2O4S/c1-19-16-22(10-11-24(19)27)28-25(31)20-6-5-9-23(17-20)34(32,33)29-14-12-26(18-30,13-15-29)21-7-3-2-4-8-21/h2-11,16-17,30H,12-15,18H2,1H3,(H,28,31). The van der Waals surface area contributed by atoms with Crippen LogP contribution in [-0.4, -0.2) is 43.4 Å². The SMILES string of the molecule is Cc1cc(NC(=O)c2cccc(S(=O)(=O)N3CCC(CO)(c4ccccc4)CC3)c2)ccc1F. The summed E-state index contributed by atoms with van der Waals surface area (Å²) in [6.07, 6.45) is 0.994. The fraction of sp³-hybridized carbons (Fsp3) is 0.269. The predicted molar refractivity (Wildman–Crippen MR) is 129 cm³/mol. The van der Waals surface area contributed by atoms with Gasteiger partial charge in [0.2, 0.25) is 10.0 Å². The van der Waals surface area contributed by atoms with Crippen molar-refractivity contribution in [3.8, 4) is 0 Å². The van der Waals surface area contributed by atoms with Crippen LogP contribution in [-0.2, 0) is 15.4 Å². The molecule has 0 unspecified atom stereocenters. The van der Waals surface area contributed by atoms with Crippen molar-refractivity contribution in [1.29, 1.82) is 0 Å². The lowest BCUT2D eigenvalue weighted by Gasteiger charge is -2.40. The number of hydrogen-bond donors (Lipinski definition) is 2. The zero-order valence-corrected chi connectivity index (χ0v) is 19.7. The highest BCUT2D eigenvalue weighted by Crippen LogP contribution is 2.36. The average molecular weight is 483 g/mol. The molecule has 0 bridgehead atoms. The van der Waals surface area contributed by atoms with Crippen LogP contribution in [0.1, 0.15) is 34.3 Å². The van der Waals surface area contributed by atoms with E-state index < -0.39 is 21.3 Å². The van der Waals surface area contributed by atoms with Gasteiger partial charge in [-0.15, -0.1) is 0 Å². The van der Waals surface area contributed by atoms with Gasteiger partial charge in [0.15, 0.2) is 0 Å². The maximum absolute atomic E-state index is 13.5. The lowest BCUT2D eigenvalue weighted by Crippen LogP contribution is -2.46. The molecule has 1 heterocycles. The average Bonchev–Trinajstić information content (AvgIpc) is 2.87. The molecule has 6 nitrogen and oxygen atoms in total. The lowest BCUT2D eigenvalue weighted by atomic mass is 9.74. The van der Waals surface area contributed by atoms with E-state index in [0.717, 1.165) is 5.56 Å². The van der Waals surface area contributed by atoms with E-state index in [-0.39, 0.29) is 36.0 Å². The maximum atomic E-state index is 13.5. The molecular formula is C26H27FN2O4S. The molecule has 1 amide bonds. The number of anilines is 1. The van der Waals surface area contributed by atoms with Gasteiger partial charge in [-0.1, -0.05) is 36.4 Å². The van der Waals surface area contributed by atoms with Crippen LogP contribution in [0.2, 0.25) is 0 Å². The molecule has 0 aromatic heterocycles. The summed E-state index contributed by atoms with van der Waals surface area (Å²) in [7, 11) is -3.82. The quantitative estimate of drug-likeness (QED) is 0.554. The lowest BCUT2D eigenvalue weighted by molar-refractivity contribution is 0.102. The third-order valence-corrected chi connectivity index (χ3v) is 8.41. The minimum absolute atomic E-state index is 0.0339. The highest BCUT2D eigenvalue weighted by molar-refractivity contribution is 7.89. The summed E-state index contributed by atoms with van der Waals surface area (Å²) in [5, 5.41) is 12.8. The molecule has 1 aliphatic heterocycles. The van der Waals surface area contributed by atoms with Gasteiger partial charge in [-0.2, -0.15) is 4.31 Å². The Bertz CT molecular complexity index is 1290. The molecule has 34 heavy (non-hydrogen) atoms. The number of aliphatic hydroxyl groups is 1. The van der Waals surface area contributed by atoms with Crippen molar-refractivity contribution in [2.24, 2.45) is 0 Å². The Morgan fingerprint density at radius 2 is 1.74 bits per heavy atom. The minimum Gasteiger partial charge on any atom is -0.395 e. The van der Waals surface area contributed by atoms with Crippen LogP contribution in [0, 0.1) is 12.7 Å². The number of carbonyl (C=O) groups is 1. The summed E-state index contributed by atoms with van der Waals surface area (Å²) < 4.78 is 41.6. The van der Waals surface area contributed by atoms with E-state index in [1.54, 1.807) is 6.92 Å². The van der Waals surface area contributed by atoms with Gasteiger partial charge in [0, 0.05) is 29.8 Å². The highest BCUT2D eigenvalue weighted by Gasteiger charge is 2.39. The van der Waals surface area contributed by atoms with Crippen LogP contribution in [0.4, 0.5) is 10.1 Å². The van der Waals surface area contributed by atoms with Crippen LogP contribution in [0.25, 0.3) is 0 Å². The number of amides is 1. The molecule has 3 aromatic rings. The minimum atomic E-state index is -3.82. The molecule has 0 spiro atoms. The molecule has 2 N–H and O–H groups in total. The maximum Gasteiger partial charge on any atom is 0.255 e. The van der Waals surface area contributed by atoms with Crippen molar-refractivity contribution in [2.75, 3.05) is 25.0 Å². The van der Waals surface area contributed by atoms with Gasteiger partial charge in [0.25, 0.3) is 5.91 Å². The number of halogens is 1. The zero-order valence-electron chi connectivity index (χ0n) is 18.9. The second kappa shape index (κ2) is 9.66. The van der Waals surface area contributed by atoms with Gasteiger partial charge >= 0.3 is 0 Å². The monoisotopic (exact) mass is 482 g/mol. The number of aliphatic hydroxyl groups excluding tert-OH is 1. The normalized spacial score (nSPS) is 16.2. The van der Waals surface area contributed by atoms with Gasteiger partial charge in [-0.25, -0.2) is 12.8 Å². The molecule has 0 radical (unpaired) electrons. The van der Waals surface area contributed by atoms with Crippen molar-refractivity contribution in [3.05, 3.63) is 95.3 Å². The Morgan fingerprint density at radius 1 is 1.03 bits per heavy atom. The van der Waals surface area contributed by atoms with Gasteiger partial charge in [0.1, 0.15) is 5.82 Å². The van der Waals surface area contributed by atoms with E-state index in [9.17, 15) is 22.7 Å². The zero-order chi connectivity index (χ0) is 24.3. The Kier molecular flexibility index (Phi) is 6.84. The summed E-state index contributed by atoms with van der Waals surface area (Å²) in [6.45, 7) is 2.08. The number of nitrogens with zero attached hydrogens (tertiary/aromatic N) is 1. The van der Waals surface area contributed by atoms with Crippen LogP contribution in [0.5, 0.6) is 0 Å². The van der Waals surface area contributed by atoms with E-state index in [1.165, 1.54) is 46.8 Å². The van der Waals surface area contributed by atoms with Gasteiger partial charge in [-0.05, 0) is 67.3 Å². The number of sulfonamides is 1. The summed E-state index contributed by atoms with van der Waals surface area (Å²) in [5.74, 6) is -0.852. The Labute approximate surface area is 199 Å². The molecule has 3 aromatic carbocycles. The fourth-order valence-electron chi connectivity index (χ4n) is 4.36. The van der Waals surface area contributed by atoms with E-state index in [0.29, 0.717) is 24.1 Å². The number of benzene rings is 3. The topological polar surface area (TPSA) is 86.7 Å². The first-order valence-corrected chi connectivity index (χ1v) is 12.5. The van der Waals surface area contributed by atoms with E-state index in [4.69, 9.17) is 0 Å². The molecule has 8 heteroatoms. The fourth-order valence-corrected chi connectivity index (χ4v) is 5.84. The molecule has 1 fully saturated rings. The van der Waals surface area contributed by atoms with E-state index in [1.807, 2.05) is 30.3 Å². The predicted octanol–water partition coefficient (Wildman–Crippen LogP) is 4.10. The third kappa shape index (κ3) is 4.75. The first-order chi connectivity index (χ1) is 16.2. The van der Waals surface area contributed by atoms with Crippen molar-refractivity contribution in [3.63, 3.8) is 0 Å². The molecule has 0 saturated carbocycles. The summed E-state index contributed by atoms with van der Waals surface area (Å²) in [6, 6.07) is 19.8. The van der Waals surface area contributed by atoms with Crippen molar-refractivity contribution < 1.29 is 22.7 Å². The first-order valence-electron chi connectivity index (χ1n) is 11.1. The number of nitrogens with one attached hydrogen (secondary N) is 1. The Balaban J connectivity index is 1.50. The molecule has 1 saturated heterocycles. The van der Waals surface area contributed by atoms with Gasteiger partial charge in [-0.3, -0.25) is 4.79 Å². The van der Waals surface area contributed by atoms with E-state index in [2.05, 4.69) is 5.32 Å². The molecule has 4 rings (SSSR count). The largest absolute Gasteiger partial charge is 0.395 e. The Morgan fingerprint density at radius 3 is 2.38 bits per heavy atom. The smallest absolute Gasteiger partial charge is 0.255 e. The van der Waals surface area contributed by atoms with E-state index >= 15 is 0 Å². The molecule has 1 aliphatic rings. The summed E-state index contributed by atoms with van der Waals surface area (Å²) >= 11 is 0. The van der Waals surface area contributed by atoms with Gasteiger partial charge < -0.3 is 10.4 Å². The highest BCUT2D eigenvalue weighted by atomic mass is 32.2. The number of carbonyl (C=O) groups excluding carboxylic acids is 1. The second-order valence-electron chi connectivity index (χ2n) is 8.65. The number of piperidine rings is 1. The van der Waals surface area contributed by atoms with Crippen LogP contribution < -0.4 is 5.32 Å². The molecular weight excluding hydrogens is 455 g/mol. The number of rotatable bonds is 6. The van der Waals surface area contributed by atoms with Crippen molar-refractivity contribution >= 4 is 21.6 Å². The number of hydrogen-bond acceptors (Lipinski definition) is 4. The second-order valence-corrected chi connectivity index (χ2v) is 10.6. The van der Waals surface area contributed by atoms with Gasteiger partial charge in [0.05, 0.1) is 11.5 Å². The third-order valence-electron chi connectivity index (χ3n) is 6.52. The Hall–Kier alpha value is -3.07.